The average molecular weight is 489 g/mol. The van der Waals surface area contributed by atoms with Crippen molar-refractivity contribution in [1.82, 2.24) is 19.9 Å². The topological polar surface area (TPSA) is 89.5 Å². The second-order valence-corrected chi connectivity index (χ2v) is 8.26. The quantitative estimate of drug-likeness (QED) is 0.495. The van der Waals surface area contributed by atoms with E-state index in [0.29, 0.717) is 41.0 Å². The van der Waals surface area contributed by atoms with Crippen molar-refractivity contribution < 1.29 is 27.4 Å². The van der Waals surface area contributed by atoms with Crippen molar-refractivity contribution in [1.29, 1.82) is 0 Å². The van der Waals surface area contributed by atoms with Gasteiger partial charge in [0.05, 0.1) is 25.8 Å². The Morgan fingerprint density at radius 2 is 2.03 bits per heavy atom. The molecule has 4 rings (SSSR count). The van der Waals surface area contributed by atoms with Gasteiger partial charge in [0.25, 0.3) is 0 Å². The molecule has 35 heavy (non-hydrogen) atoms. The summed E-state index contributed by atoms with van der Waals surface area (Å²) in [5.41, 5.74) is 0.559. The monoisotopic (exact) mass is 489 g/mol. The predicted octanol–water partition coefficient (Wildman–Crippen LogP) is 4.16. The average Bonchev–Trinajstić information content (AvgIpc) is 2.83. The first-order valence-electron chi connectivity index (χ1n) is 11.3. The first kappa shape index (κ1) is 24.6. The molecule has 0 unspecified atom stereocenters. The van der Waals surface area contributed by atoms with Crippen molar-refractivity contribution in [3.05, 3.63) is 42.4 Å². The maximum absolute atomic E-state index is 13.5. The molecule has 1 atom stereocenters. The summed E-state index contributed by atoms with van der Waals surface area (Å²) in [4.78, 5) is 26.4. The molecule has 3 aromatic rings. The molecule has 2 aromatic heterocycles. The number of nitrogens with zero attached hydrogens (tertiary/aromatic N) is 4. The van der Waals surface area contributed by atoms with Crippen molar-refractivity contribution in [2.24, 2.45) is 0 Å². The smallest absolute Gasteiger partial charge is 0.421 e. The molecule has 0 saturated carbocycles. The minimum atomic E-state index is -4.60. The number of hydrogen-bond acceptors (Lipinski definition) is 8. The molecule has 11 heteroatoms. The van der Waals surface area contributed by atoms with E-state index in [2.05, 4.69) is 20.3 Å². The van der Waals surface area contributed by atoms with E-state index in [1.807, 2.05) is 4.90 Å². The van der Waals surface area contributed by atoms with Gasteiger partial charge in [0.15, 0.2) is 0 Å². The number of ether oxygens (including phenoxy) is 2. The molecule has 0 bridgehead atoms. The van der Waals surface area contributed by atoms with Crippen molar-refractivity contribution in [2.45, 2.75) is 32.0 Å². The Morgan fingerprint density at radius 3 is 2.77 bits per heavy atom. The first-order valence-corrected chi connectivity index (χ1v) is 11.3. The van der Waals surface area contributed by atoms with Crippen molar-refractivity contribution >= 4 is 22.7 Å². The van der Waals surface area contributed by atoms with Crippen LogP contribution in [0, 0.1) is 0 Å². The molecular weight excluding hydrogens is 463 g/mol. The van der Waals surface area contributed by atoms with Gasteiger partial charge < -0.3 is 14.8 Å². The number of alkyl halides is 3. The summed E-state index contributed by atoms with van der Waals surface area (Å²) < 4.78 is 50.3. The van der Waals surface area contributed by atoms with E-state index < -0.39 is 17.6 Å². The van der Waals surface area contributed by atoms with Crippen molar-refractivity contribution in [3.8, 4) is 17.0 Å². The van der Waals surface area contributed by atoms with E-state index in [4.69, 9.17) is 9.47 Å². The summed E-state index contributed by atoms with van der Waals surface area (Å²) in [7, 11) is 1.15. The fourth-order valence-corrected chi connectivity index (χ4v) is 4.23. The number of likely N-dealkylation sites (tertiary alicyclic amines) is 1. The minimum Gasteiger partial charge on any atom is -0.481 e. The number of benzene rings is 1. The zero-order valence-electron chi connectivity index (χ0n) is 19.4. The molecular formula is C24H26F3N5O3. The lowest BCUT2D eigenvalue weighted by molar-refractivity contribution is -0.144. The Labute approximate surface area is 200 Å². The summed E-state index contributed by atoms with van der Waals surface area (Å²) in [6, 6.07) is 6.26. The molecule has 1 aliphatic heterocycles. The Kier molecular flexibility index (Phi) is 7.34. The lowest BCUT2D eigenvalue weighted by Gasteiger charge is -2.32. The number of aromatic nitrogens is 3. The zero-order valence-corrected chi connectivity index (χ0v) is 19.4. The maximum atomic E-state index is 13.5. The highest BCUT2D eigenvalue weighted by atomic mass is 19.4. The van der Waals surface area contributed by atoms with Crippen LogP contribution in [0.2, 0.25) is 0 Å². The lowest BCUT2D eigenvalue weighted by atomic mass is 10.0. The van der Waals surface area contributed by atoms with Gasteiger partial charge in [-0.3, -0.25) is 9.69 Å². The molecule has 0 radical (unpaired) electrons. The molecule has 0 aliphatic carbocycles. The van der Waals surface area contributed by atoms with Crippen LogP contribution in [-0.4, -0.2) is 65.2 Å². The van der Waals surface area contributed by atoms with Gasteiger partial charge >= 0.3 is 12.1 Å². The predicted molar refractivity (Wildman–Crippen MR) is 124 cm³/mol. The van der Waals surface area contributed by atoms with Crippen LogP contribution in [0.3, 0.4) is 0 Å². The van der Waals surface area contributed by atoms with Gasteiger partial charge in [-0.1, -0.05) is 6.07 Å². The highest BCUT2D eigenvalue weighted by Crippen LogP contribution is 2.38. The molecule has 1 aliphatic rings. The van der Waals surface area contributed by atoms with E-state index in [1.54, 1.807) is 25.1 Å². The van der Waals surface area contributed by atoms with Gasteiger partial charge in [0, 0.05) is 29.7 Å². The largest absolute Gasteiger partial charge is 0.481 e. The molecule has 186 valence electrons. The Bertz CT molecular complexity index is 1200. The van der Waals surface area contributed by atoms with Gasteiger partial charge in [-0.15, -0.1) is 0 Å². The van der Waals surface area contributed by atoms with Crippen LogP contribution < -0.4 is 10.1 Å². The molecule has 1 saturated heterocycles. The third-order valence-corrected chi connectivity index (χ3v) is 5.82. The summed E-state index contributed by atoms with van der Waals surface area (Å²) in [6.07, 6.45) is -0.0108. The highest BCUT2D eigenvalue weighted by molar-refractivity contribution is 5.92. The number of methoxy groups -OCH3 is 1. The number of anilines is 1. The van der Waals surface area contributed by atoms with Gasteiger partial charge in [-0.2, -0.15) is 13.2 Å². The van der Waals surface area contributed by atoms with Gasteiger partial charge in [0.1, 0.15) is 17.7 Å². The van der Waals surface area contributed by atoms with E-state index in [9.17, 15) is 18.0 Å². The zero-order chi connectivity index (χ0) is 25.0. The lowest BCUT2D eigenvalue weighted by Crippen LogP contribution is -2.44. The van der Waals surface area contributed by atoms with Crippen LogP contribution >= 0.6 is 0 Å². The number of esters is 1. The number of carbonyl (C=O) groups is 1. The summed E-state index contributed by atoms with van der Waals surface area (Å²) >= 11 is 0. The van der Waals surface area contributed by atoms with Gasteiger partial charge in [0.2, 0.25) is 5.88 Å². The number of rotatable bonds is 7. The van der Waals surface area contributed by atoms with E-state index in [1.165, 1.54) is 12.5 Å². The second-order valence-electron chi connectivity index (χ2n) is 8.26. The normalized spacial score (nSPS) is 16.8. The Balaban J connectivity index is 1.60. The molecule has 1 aromatic carbocycles. The standard InChI is InChI=1S/C24H26F3N5O3/c1-3-35-21(33)13-32-8-4-5-17(12-32)31-22-18-9-15(6-7-20(18)29-14-30-22)16-10-19(24(25,26)27)23(34-2)28-11-16/h6-7,9-11,14,17H,3-5,8,12-13H2,1-2H3,(H,29,30,31)/t17-/m0/s1. The highest BCUT2D eigenvalue weighted by Gasteiger charge is 2.35. The van der Waals surface area contributed by atoms with Crippen LogP contribution in [0.1, 0.15) is 25.3 Å². The number of halogens is 3. The van der Waals surface area contributed by atoms with Crippen LogP contribution in [-0.2, 0) is 15.7 Å². The van der Waals surface area contributed by atoms with E-state index >= 15 is 0 Å². The fraction of sp³-hybridized carbons (Fsp3) is 0.417. The molecule has 0 spiro atoms. The molecule has 1 N–H and O–H groups in total. The van der Waals surface area contributed by atoms with Crippen LogP contribution in [0.4, 0.5) is 19.0 Å². The number of pyridine rings is 1. The van der Waals surface area contributed by atoms with Crippen LogP contribution in [0.25, 0.3) is 22.0 Å². The van der Waals surface area contributed by atoms with Gasteiger partial charge in [-0.25, -0.2) is 15.0 Å². The number of nitrogens with one attached hydrogen (secondary N) is 1. The van der Waals surface area contributed by atoms with Crippen LogP contribution in [0.5, 0.6) is 5.88 Å². The van der Waals surface area contributed by atoms with Crippen molar-refractivity contribution in [3.63, 3.8) is 0 Å². The third kappa shape index (κ3) is 5.79. The Morgan fingerprint density at radius 1 is 1.20 bits per heavy atom. The first-order chi connectivity index (χ1) is 16.8. The maximum Gasteiger partial charge on any atom is 0.421 e. The molecule has 0 amide bonds. The van der Waals surface area contributed by atoms with Crippen LogP contribution in [0.15, 0.2) is 36.8 Å². The SMILES string of the molecule is CCOC(=O)CN1CCC[C@H](Nc2ncnc3ccc(-c4cnc(OC)c(C(F)(F)F)c4)cc23)C1. The summed E-state index contributed by atoms with van der Waals surface area (Å²) in [5.74, 6) is -0.147. The Hall–Kier alpha value is -3.47. The number of fused-ring (bicyclic) bond motifs is 1. The van der Waals surface area contributed by atoms with Crippen molar-refractivity contribution in [2.75, 3.05) is 38.7 Å². The number of piperidine rings is 1. The minimum absolute atomic E-state index is 0.0411. The molecule has 1 fully saturated rings. The van der Waals surface area contributed by atoms with E-state index in [0.717, 1.165) is 32.6 Å². The molecule has 8 nitrogen and oxygen atoms in total. The van der Waals surface area contributed by atoms with Gasteiger partial charge in [-0.05, 0) is 50.1 Å². The third-order valence-electron chi connectivity index (χ3n) is 5.82. The van der Waals surface area contributed by atoms with E-state index in [-0.39, 0.29) is 18.6 Å². The summed E-state index contributed by atoms with van der Waals surface area (Å²) in [6.45, 7) is 3.79. The second kappa shape index (κ2) is 10.4. The molecule has 3 heterocycles. The number of carbonyl (C=O) groups excluding carboxylic acids is 1. The number of hydrogen-bond donors (Lipinski definition) is 1. The fourth-order valence-electron chi connectivity index (χ4n) is 4.23. The summed E-state index contributed by atoms with van der Waals surface area (Å²) in [5, 5.41) is 4.11.